The first-order valence-corrected chi connectivity index (χ1v) is 11.3. The van der Waals surface area contributed by atoms with Crippen molar-refractivity contribution < 1.29 is 9.53 Å². The smallest absolute Gasteiger partial charge is 0.266 e. The zero-order chi connectivity index (χ0) is 20.8. The lowest BCUT2D eigenvalue weighted by Crippen LogP contribution is -2.38. The molecule has 2 aliphatic heterocycles. The van der Waals surface area contributed by atoms with Crippen LogP contribution in [0.3, 0.4) is 0 Å². The van der Waals surface area contributed by atoms with E-state index in [4.69, 9.17) is 21.3 Å². The molecule has 2 heterocycles. The number of amidine groups is 1. The van der Waals surface area contributed by atoms with Gasteiger partial charge < -0.3 is 4.74 Å². The van der Waals surface area contributed by atoms with Gasteiger partial charge in [0.25, 0.3) is 5.91 Å². The van der Waals surface area contributed by atoms with E-state index in [0.29, 0.717) is 16.5 Å². The van der Waals surface area contributed by atoms with Gasteiger partial charge in [-0.1, -0.05) is 41.9 Å². The van der Waals surface area contributed by atoms with Crippen LogP contribution in [0, 0.1) is 0 Å². The van der Waals surface area contributed by atoms with Crippen LogP contribution in [0.15, 0.2) is 64.5 Å². The third kappa shape index (κ3) is 6.57. The molecule has 2 aromatic carbocycles. The second-order valence-corrected chi connectivity index (χ2v) is 8.60. The summed E-state index contributed by atoms with van der Waals surface area (Å²) in [6.45, 7) is 5.07. The Hall–Kier alpha value is -1.83. The zero-order valence-corrected chi connectivity index (χ0v) is 19.5. The van der Waals surface area contributed by atoms with Gasteiger partial charge in [0.15, 0.2) is 5.17 Å². The van der Waals surface area contributed by atoms with E-state index >= 15 is 0 Å². The van der Waals surface area contributed by atoms with Crippen LogP contribution < -0.4 is 0 Å². The number of thioether (sulfide) groups is 1. The molecule has 0 saturated carbocycles. The van der Waals surface area contributed by atoms with Crippen LogP contribution in [-0.4, -0.2) is 60.3 Å². The molecule has 31 heavy (non-hydrogen) atoms. The molecule has 164 valence electrons. The second-order valence-electron chi connectivity index (χ2n) is 7.16. The largest absolute Gasteiger partial charge is 0.379 e. The number of rotatable bonds is 6. The van der Waals surface area contributed by atoms with Gasteiger partial charge >= 0.3 is 0 Å². The van der Waals surface area contributed by atoms with Crippen LogP contribution in [0.1, 0.15) is 12.0 Å². The van der Waals surface area contributed by atoms with Gasteiger partial charge in [0, 0.05) is 31.2 Å². The number of nitrogens with zero attached hydrogens (tertiary/aromatic N) is 3. The Balaban J connectivity index is 0.00000272. The van der Waals surface area contributed by atoms with Gasteiger partial charge in [-0.15, -0.1) is 12.4 Å². The predicted octanol–water partition coefficient (Wildman–Crippen LogP) is 5.09. The minimum Gasteiger partial charge on any atom is -0.379 e. The summed E-state index contributed by atoms with van der Waals surface area (Å²) in [4.78, 5) is 22.8. The summed E-state index contributed by atoms with van der Waals surface area (Å²) in [5, 5.41) is 1.41. The van der Waals surface area contributed by atoms with Gasteiger partial charge in [0.05, 0.1) is 23.8 Å². The number of para-hydroxylation sites is 1. The van der Waals surface area contributed by atoms with Gasteiger partial charge in [0.2, 0.25) is 0 Å². The maximum absolute atomic E-state index is 13.2. The average Bonchev–Trinajstić information content (AvgIpc) is 3.05. The SMILES string of the molecule is Cl.O=C1/C(=C\c2ccc(Cl)cc2)SC(=Nc2ccccc2)N1CCCN1CCOCC1. The molecule has 5 nitrogen and oxygen atoms in total. The maximum Gasteiger partial charge on any atom is 0.266 e. The van der Waals surface area contributed by atoms with E-state index in [1.807, 2.05) is 60.7 Å². The highest BCUT2D eigenvalue weighted by molar-refractivity contribution is 8.18. The molecule has 8 heteroatoms. The number of halogens is 2. The molecule has 0 radical (unpaired) electrons. The fraction of sp³-hybridized carbons (Fsp3) is 0.304. The van der Waals surface area contributed by atoms with Crippen LogP contribution >= 0.6 is 35.8 Å². The fourth-order valence-electron chi connectivity index (χ4n) is 3.39. The Morgan fingerprint density at radius 1 is 1.03 bits per heavy atom. The molecule has 1 amide bonds. The van der Waals surface area contributed by atoms with E-state index in [1.165, 1.54) is 11.8 Å². The van der Waals surface area contributed by atoms with Crippen molar-refractivity contribution in [1.29, 1.82) is 0 Å². The van der Waals surface area contributed by atoms with Crippen molar-refractivity contribution in [2.24, 2.45) is 4.99 Å². The van der Waals surface area contributed by atoms with E-state index in [0.717, 1.165) is 55.7 Å². The Bertz CT molecular complexity index is 930. The molecular formula is C23H25Cl2N3O2S. The number of carbonyl (C=O) groups excluding carboxylic acids is 1. The van der Waals surface area contributed by atoms with E-state index in [1.54, 1.807) is 4.90 Å². The van der Waals surface area contributed by atoms with Gasteiger partial charge in [-0.25, -0.2) is 4.99 Å². The van der Waals surface area contributed by atoms with Crippen molar-refractivity contribution in [2.75, 3.05) is 39.4 Å². The molecule has 0 N–H and O–H groups in total. The van der Waals surface area contributed by atoms with E-state index in [2.05, 4.69) is 4.90 Å². The molecule has 0 unspecified atom stereocenters. The summed E-state index contributed by atoms with van der Waals surface area (Å²) in [5.74, 6) is 0.00612. The number of hydrogen-bond donors (Lipinski definition) is 0. The number of morpholine rings is 1. The average molecular weight is 478 g/mol. The summed E-state index contributed by atoms with van der Waals surface area (Å²) in [6, 6.07) is 17.3. The third-order valence-electron chi connectivity index (χ3n) is 5.00. The number of ether oxygens (including phenoxy) is 1. The molecule has 0 aliphatic carbocycles. The lowest BCUT2D eigenvalue weighted by Gasteiger charge is -2.27. The fourth-order valence-corrected chi connectivity index (χ4v) is 4.54. The quantitative estimate of drug-likeness (QED) is 0.543. The Morgan fingerprint density at radius 3 is 2.45 bits per heavy atom. The standard InChI is InChI=1S/C23H24ClN3O2S.ClH/c24-19-9-7-18(8-10-19)17-21-22(28)27(12-4-11-26-13-15-29-16-14-26)23(30-21)25-20-5-2-1-3-6-20;/h1-3,5-10,17H,4,11-16H2;1H/b21-17+,25-23?;. The monoisotopic (exact) mass is 477 g/mol. The normalized spacial score (nSPS) is 19.8. The summed E-state index contributed by atoms with van der Waals surface area (Å²) in [5.41, 5.74) is 1.79. The summed E-state index contributed by atoms with van der Waals surface area (Å²) in [6.07, 6.45) is 2.81. The van der Waals surface area contributed by atoms with Gasteiger partial charge in [-0.2, -0.15) is 0 Å². The van der Waals surface area contributed by atoms with Crippen LogP contribution in [0.4, 0.5) is 5.69 Å². The van der Waals surface area contributed by atoms with E-state index in [-0.39, 0.29) is 18.3 Å². The van der Waals surface area contributed by atoms with Crippen molar-refractivity contribution in [2.45, 2.75) is 6.42 Å². The van der Waals surface area contributed by atoms with Crippen LogP contribution in [0.25, 0.3) is 6.08 Å². The maximum atomic E-state index is 13.2. The van der Waals surface area contributed by atoms with Crippen LogP contribution in [0.5, 0.6) is 0 Å². The highest BCUT2D eigenvalue weighted by Gasteiger charge is 2.33. The molecule has 2 aromatic rings. The lowest BCUT2D eigenvalue weighted by atomic mass is 10.2. The summed E-state index contributed by atoms with van der Waals surface area (Å²) in [7, 11) is 0. The molecule has 0 atom stereocenters. The van der Waals surface area contributed by atoms with E-state index < -0.39 is 0 Å². The molecule has 0 bridgehead atoms. The third-order valence-corrected chi connectivity index (χ3v) is 6.26. The second kappa shape index (κ2) is 11.7. The predicted molar refractivity (Wildman–Crippen MR) is 131 cm³/mol. The van der Waals surface area contributed by atoms with Gasteiger partial charge in [-0.3, -0.25) is 14.6 Å². The van der Waals surface area contributed by atoms with Crippen molar-refractivity contribution in [1.82, 2.24) is 9.80 Å². The highest BCUT2D eigenvalue weighted by Crippen LogP contribution is 2.34. The van der Waals surface area contributed by atoms with Crippen molar-refractivity contribution >= 4 is 58.6 Å². The number of hydrogen-bond acceptors (Lipinski definition) is 5. The van der Waals surface area contributed by atoms with Crippen LogP contribution in [0.2, 0.25) is 5.02 Å². The molecule has 2 fully saturated rings. The van der Waals surface area contributed by atoms with Crippen molar-refractivity contribution in [3.63, 3.8) is 0 Å². The first-order valence-electron chi connectivity index (χ1n) is 10.1. The van der Waals surface area contributed by atoms with E-state index in [9.17, 15) is 4.79 Å². The number of amides is 1. The summed E-state index contributed by atoms with van der Waals surface area (Å²) < 4.78 is 5.41. The zero-order valence-electron chi connectivity index (χ0n) is 17.1. The molecule has 0 aromatic heterocycles. The lowest BCUT2D eigenvalue weighted by molar-refractivity contribution is -0.122. The minimum absolute atomic E-state index is 0. The van der Waals surface area contributed by atoms with Gasteiger partial charge in [-0.05, 0) is 54.1 Å². The highest BCUT2D eigenvalue weighted by atomic mass is 35.5. The number of aliphatic imine (C=N–C) groups is 1. The van der Waals surface area contributed by atoms with Crippen LogP contribution in [-0.2, 0) is 9.53 Å². The molecule has 4 rings (SSSR count). The van der Waals surface area contributed by atoms with Crippen molar-refractivity contribution in [3.05, 3.63) is 70.1 Å². The number of carbonyl (C=O) groups is 1. The molecule has 0 spiro atoms. The minimum atomic E-state index is 0. The first kappa shape index (κ1) is 23.8. The van der Waals surface area contributed by atoms with Crippen molar-refractivity contribution in [3.8, 4) is 0 Å². The Kier molecular flexibility index (Phi) is 8.99. The Labute approximate surface area is 198 Å². The topological polar surface area (TPSA) is 45.1 Å². The van der Waals surface area contributed by atoms with Gasteiger partial charge in [0.1, 0.15) is 0 Å². The number of benzene rings is 2. The summed E-state index contributed by atoms with van der Waals surface area (Å²) >= 11 is 7.41. The first-order chi connectivity index (χ1) is 14.7. The molecule has 2 aliphatic rings. The Morgan fingerprint density at radius 2 is 1.74 bits per heavy atom. The molecule has 2 saturated heterocycles. The molecular weight excluding hydrogens is 453 g/mol.